The molecule has 2 N–H and O–H groups in total. The lowest BCUT2D eigenvalue weighted by atomic mass is 10.5. The van der Waals surface area contributed by atoms with Gasteiger partial charge in [-0.3, -0.25) is 4.98 Å². The Morgan fingerprint density at radius 3 is 2.20 bits per heavy atom. The topological polar surface area (TPSA) is 51.8 Å². The molecule has 0 saturated heterocycles. The molecule has 0 amide bonds. The van der Waals surface area contributed by atoms with Gasteiger partial charge in [0.05, 0.1) is 11.9 Å². The molecule has 1 rings (SSSR count). The van der Waals surface area contributed by atoms with Gasteiger partial charge in [-0.05, 0) is 6.92 Å². The third kappa shape index (κ3) is 3.02. The van der Waals surface area contributed by atoms with E-state index in [-0.39, 0.29) is 0 Å². The summed E-state index contributed by atoms with van der Waals surface area (Å²) in [6, 6.07) is 0. The highest BCUT2D eigenvalue weighted by Crippen LogP contribution is 1.92. The zero-order valence-electron chi connectivity index (χ0n) is 6.63. The fourth-order valence-corrected chi connectivity index (χ4v) is 0.483. The first-order valence-electron chi connectivity index (χ1n) is 3.33. The van der Waals surface area contributed by atoms with Crippen molar-refractivity contribution in [1.29, 1.82) is 0 Å². The van der Waals surface area contributed by atoms with Gasteiger partial charge in [0.25, 0.3) is 0 Å². The first-order valence-corrected chi connectivity index (χ1v) is 3.33. The lowest BCUT2D eigenvalue weighted by Crippen LogP contribution is -1.91. The summed E-state index contributed by atoms with van der Waals surface area (Å²) in [5, 5.41) is 0. The van der Waals surface area contributed by atoms with Crippen LogP contribution in [0.2, 0.25) is 0 Å². The number of nitrogens with zero attached hydrogens (tertiary/aromatic N) is 2. The van der Waals surface area contributed by atoms with Crippen molar-refractivity contribution in [3.8, 4) is 0 Å². The van der Waals surface area contributed by atoms with Crippen LogP contribution in [0.15, 0.2) is 12.4 Å². The predicted octanol–water partition coefficient (Wildman–Crippen LogP) is 1.39. The van der Waals surface area contributed by atoms with E-state index in [0.29, 0.717) is 5.82 Å². The van der Waals surface area contributed by atoms with Crippen LogP contribution >= 0.6 is 0 Å². The van der Waals surface area contributed by atoms with Gasteiger partial charge in [-0.1, -0.05) is 13.8 Å². The zero-order chi connectivity index (χ0) is 7.98. The summed E-state index contributed by atoms with van der Waals surface area (Å²) in [5.41, 5.74) is 6.14. The largest absolute Gasteiger partial charge is 0.382 e. The Balaban J connectivity index is 0.000000371. The summed E-state index contributed by atoms with van der Waals surface area (Å²) in [6.45, 7) is 5.85. The Kier molecular flexibility index (Phi) is 4.20. The minimum atomic E-state index is 0.477. The summed E-state index contributed by atoms with van der Waals surface area (Å²) >= 11 is 0. The number of nitrogens with two attached hydrogens (primary N) is 1. The molecule has 0 aliphatic heterocycles. The Labute approximate surface area is 61.3 Å². The van der Waals surface area contributed by atoms with E-state index in [4.69, 9.17) is 5.73 Å². The normalized spacial score (nSPS) is 7.90. The van der Waals surface area contributed by atoms with Crippen LogP contribution in [0.5, 0.6) is 0 Å². The average molecular weight is 139 g/mol. The molecule has 1 aromatic heterocycles. The molecule has 0 atom stereocenters. The second kappa shape index (κ2) is 4.73. The number of rotatable bonds is 0. The summed E-state index contributed by atoms with van der Waals surface area (Å²) in [7, 11) is 0. The van der Waals surface area contributed by atoms with Crippen molar-refractivity contribution in [2.75, 3.05) is 5.73 Å². The smallest absolute Gasteiger partial charge is 0.142 e. The van der Waals surface area contributed by atoms with E-state index in [2.05, 4.69) is 9.97 Å². The molecular formula is C7H13N3. The first kappa shape index (κ1) is 8.88. The fourth-order valence-electron chi connectivity index (χ4n) is 0.483. The van der Waals surface area contributed by atoms with Crippen molar-refractivity contribution in [3.05, 3.63) is 18.1 Å². The van der Waals surface area contributed by atoms with Gasteiger partial charge >= 0.3 is 0 Å². The standard InChI is InChI=1S/C5H7N3.C2H6/c1-4-2-7-3-5(6)8-4;1-2/h2-3H,1H3,(H2,6,8);1-2H3. The van der Waals surface area contributed by atoms with Gasteiger partial charge in [0, 0.05) is 6.20 Å². The molecule has 0 aliphatic carbocycles. The van der Waals surface area contributed by atoms with E-state index in [0.717, 1.165) is 5.69 Å². The van der Waals surface area contributed by atoms with Crippen LogP contribution in [0.4, 0.5) is 5.82 Å². The van der Waals surface area contributed by atoms with E-state index < -0.39 is 0 Å². The average Bonchev–Trinajstić information content (AvgIpc) is 1.91. The van der Waals surface area contributed by atoms with Gasteiger partial charge in [-0.2, -0.15) is 0 Å². The number of nitrogen functional groups attached to an aromatic ring is 1. The second-order valence-corrected chi connectivity index (χ2v) is 1.59. The molecule has 0 radical (unpaired) electrons. The number of aryl methyl sites for hydroxylation is 1. The second-order valence-electron chi connectivity index (χ2n) is 1.59. The van der Waals surface area contributed by atoms with Crippen LogP contribution in [0.1, 0.15) is 19.5 Å². The summed E-state index contributed by atoms with van der Waals surface area (Å²) < 4.78 is 0. The van der Waals surface area contributed by atoms with Crippen molar-refractivity contribution in [3.63, 3.8) is 0 Å². The van der Waals surface area contributed by atoms with Crippen LogP contribution in [-0.4, -0.2) is 9.97 Å². The Hall–Kier alpha value is -1.12. The molecule has 10 heavy (non-hydrogen) atoms. The monoisotopic (exact) mass is 139 g/mol. The van der Waals surface area contributed by atoms with E-state index in [1.54, 1.807) is 6.20 Å². The van der Waals surface area contributed by atoms with E-state index in [9.17, 15) is 0 Å². The van der Waals surface area contributed by atoms with Gasteiger partial charge in [-0.15, -0.1) is 0 Å². The molecule has 3 heteroatoms. The minimum absolute atomic E-state index is 0.477. The molecular weight excluding hydrogens is 126 g/mol. The Bertz CT molecular complexity index is 169. The Morgan fingerprint density at radius 2 is 1.90 bits per heavy atom. The fraction of sp³-hybridized carbons (Fsp3) is 0.429. The number of anilines is 1. The summed E-state index contributed by atoms with van der Waals surface area (Å²) in [5.74, 6) is 0.477. The SMILES string of the molecule is CC.Cc1cncc(N)n1. The van der Waals surface area contributed by atoms with Crippen molar-refractivity contribution in [1.82, 2.24) is 9.97 Å². The maximum absolute atomic E-state index is 5.28. The lowest BCUT2D eigenvalue weighted by molar-refractivity contribution is 1.13. The molecule has 0 spiro atoms. The first-order chi connectivity index (χ1) is 4.79. The van der Waals surface area contributed by atoms with Crippen LogP contribution in [0.3, 0.4) is 0 Å². The molecule has 0 bridgehead atoms. The number of hydrogen-bond acceptors (Lipinski definition) is 3. The summed E-state index contributed by atoms with van der Waals surface area (Å²) in [4.78, 5) is 7.69. The van der Waals surface area contributed by atoms with Gasteiger partial charge < -0.3 is 5.73 Å². The molecule has 0 fully saturated rings. The molecule has 1 aromatic rings. The van der Waals surface area contributed by atoms with Crippen LogP contribution in [-0.2, 0) is 0 Å². The third-order valence-corrected chi connectivity index (χ3v) is 0.774. The highest BCUT2D eigenvalue weighted by molar-refractivity contribution is 5.23. The Morgan fingerprint density at radius 1 is 1.30 bits per heavy atom. The molecule has 0 aliphatic rings. The quantitative estimate of drug-likeness (QED) is 0.591. The van der Waals surface area contributed by atoms with Gasteiger partial charge in [0.2, 0.25) is 0 Å². The molecule has 1 heterocycles. The zero-order valence-corrected chi connectivity index (χ0v) is 6.63. The van der Waals surface area contributed by atoms with E-state index in [1.807, 2.05) is 20.8 Å². The lowest BCUT2D eigenvalue weighted by Gasteiger charge is -1.89. The minimum Gasteiger partial charge on any atom is -0.382 e. The summed E-state index contributed by atoms with van der Waals surface area (Å²) in [6.07, 6.45) is 3.18. The predicted molar refractivity (Wildman–Crippen MR) is 42.5 cm³/mol. The highest BCUT2D eigenvalue weighted by Gasteiger charge is 1.83. The molecule has 0 unspecified atom stereocenters. The van der Waals surface area contributed by atoms with E-state index >= 15 is 0 Å². The number of aromatic nitrogens is 2. The van der Waals surface area contributed by atoms with Gasteiger partial charge in [0.15, 0.2) is 0 Å². The van der Waals surface area contributed by atoms with Crippen LogP contribution in [0.25, 0.3) is 0 Å². The van der Waals surface area contributed by atoms with Crippen LogP contribution in [0, 0.1) is 6.92 Å². The van der Waals surface area contributed by atoms with Crippen molar-refractivity contribution < 1.29 is 0 Å². The molecule has 56 valence electrons. The van der Waals surface area contributed by atoms with Gasteiger partial charge in [-0.25, -0.2) is 4.98 Å². The van der Waals surface area contributed by atoms with Gasteiger partial charge in [0.1, 0.15) is 5.82 Å². The molecule has 0 saturated carbocycles. The highest BCUT2D eigenvalue weighted by atomic mass is 14.9. The maximum atomic E-state index is 5.28. The molecule has 0 aromatic carbocycles. The van der Waals surface area contributed by atoms with Crippen molar-refractivity contribution >= 4 is 5.82 Å². The van der Waals surface area contributed by atoms with E-state index in [1.165, 1.54) is 6.20 Å². The van der Waals surface area contributed by atoms with Crippen LogP contribution < -0.4 is 5.73 Å². The molecule has 3 nitrogen and oxygen atoms in total. The maximum Gasteiger partial charge on any atom is 0.142 e. The third-order valence-electron chi connectivity index (χ3n) is 0.774. The van der Waals surface area contributed by atoms with Crippen molar-refractivity contribution in [2.24, 2.45) is 0 Å². The number of hydrogen-bond donors (Lipinski definition) is 1. The van der Waals surface area contributed by atoms with Crippen molar-refractivity contribution in [2.45, 2.75) is 20.8 Å².